The molecule has 1 aliphatic rings. The van der Waals surface area contributed by atoms with Crippen molar-refractivity contribution in [2.45, 2.75) is 25.3 Å². The van der Waals surface area contributed by atoms with Crippen molar-refractivity contribution in [3.8, 4) is 0 Å². The maximum absolute atomic E-state index is 5.92. The van der Waals surface area contributed by atoms with Gasteiger partial charge in [-0.1, -0.05) is 23.7 Å². The highest BCUT2D eigenvalue weighted by molar-refractivity contribution is 6.30. The van der Waals surface area contributed by atoms with E-state index in [9.17, 15) is 0 Å². The van der Waals surface area contributed by atoms with Crippen LogP contribution < -0.4 is 10.6 Å². The fourth-order valence-electron chi connectivity index (χ4n) is 2.57. The predicted octanol–water partition coefficient (Wildman–Crippen LogP) is 2.99. The van der Waals surface area contributed by atoms with E-state index in [1.165, 1.54) is 37.9 Å². The van der Waals surface area contributed by atoms with Crippen LogP contribution in [0, 0.1) is 5.92 Å². The molecule has 0 bridgehead atoms. The van der Waals surface area contributed by atoms with Crippen LogP contribution in [0.3, 0.4) is 0 Å². The largest absolute Gasteiger partial charge is 0.317 e. The van der Waals surface area contributed by atoms with Crippen LogP contribution in [0.2, 0.25) is 5.02 Å². The Morgan fingerprint density at radius 2 is 1.94 bits per heavy atom. The zero-order valence-electron chi connectivity index (χ0n) is 10.4. The van der Waals surface area contributed by atoms with Gasteiger partial charge in [-0.2, -0.15) is 0 Å². The quantitative estimate of drug-likeness (QED) is 0.861. The van der Waals surface area contributed by atoms with E-state index in [2.05, 4.69) is 22.8 Å². The molecule has 94 valence electrons. The minimum atomic E-state index is 0.454. The Morgan fingerprint density at radius 1 is 1.29 bits per heavy atom. The van der Waals surface area contributed by atoms with Gasteiger partial charge in [-0.25, -0.2) is 0 Å². The molecule has 1 atom stereocenters. The third kappa shape index (κ3) is 3.70. The van der Waals surface area contributed by atoms with E-state index in [4.69, 9.17) is 11.6 Å². The predicted molar refractivity (Wildman–Crippen MR) is 73.5 cm³/mol. The first kappa shape index (κ1) is 12.9. The summed E-state index contributed by atoms with van der Waals surface area (Å²) in [7, 11) is 2.04. The maximum Gasteiger partial charge on any atom is 0.0406 e. The summed E-state index contributed by atoms with van der Waals surface area (Å²) < 4.78 is 0. The molecule has 0 radical (unpaired) electrons. The van der Waals surface area contributed by atoms with Crippen LogP contribution in [0.25, 0.3) is 0 Å². The Kier molecular flexibility index (Phi) is 4.84. The highest BCUT2D eigenvalue weighted by atomic mass is 35.5. The molecule has 0 aliphatic carbocycles. The monoisotopic (exact) mass is 252 g/mol. The van der Waals surface area contributed by atoms with Crippen LogP contribution in [0.4, 0.5) is 0 Å². The van der Waals surface area contributed by atoms with Crippen molar-refractivity contribution in [1.82, 2.24) is 10.6 Å². The fraction of sp³-hybridized carbons (Fsp3) is 0.571. The van der Waals surface area contributed by atoms with Crippen molar-refractivity contribution in [2.24, 2.45) is 5.92 Å². The molecule has 0 amide bonds. The molecule has 1 aliphatic heterocycles. The molecule has 1 aromatic carbocycles. The van der Waals surface area contributed by atoms with Crippen LogP contribution in [0.5, 0.6) is 0 Å². The zero-order valence-corrected chi connectivity index (χ0v) is 11.1. The second-order valence-electron chi connectivity index (χ2n) is 4.82. The standard InChI is InChI=1S/C14H21ClN2/c1-16-14(10-11-6-8-17-9-7-11)12-2-4-13(15)5-3-12/h2-5,11,14,16-17H,6-10H2,1H3. The number of hydrogen-bond acceptors (Lipinski definition) is 2. The average Bonchev–Trinajstić information content (AvgIpc) is 2.38. The molecular formula is C14H21ClN2. The van der Waals surface area contributed by atoms with Gasteiger partial charge in [0.25, 0.3) is 0 Å². The molecule has 0 aromatic heterocycles. The fourth-order valence-corrected chi connectivity index (χ4v) is 2.69. The molecule has 1 aromatic rings. The van der Waals surface area contributed by atoms with E-state index in [0.29, 0.717) is 6.04 Å². The lowest BCUT2D eigenvalue weighted by Crippen LogP contribution is -2.30. The molecule has 3 heteroatoms. The summed E-state index contributed by atoms with van der Waals surface area (Å²) in [5.41, 5.74) is 1.34. The van der Waals surface area contributed by atoms with Crippen molar-refractivity contribution < 1.29 is 0 Å². The average molecular weight is 253 g/mol. The smallest absolute Gasteiger partial charge is 0.0406 e. The second-order valence-corrected chi connectivity index (χ2v) is 5.26. The summed E-state index contributed by atoms with van der Waals surface area (Å²) in [6.45, 7) is 2.34. The van der Waals surface area contributed by atoms with Crippen molar-refractivity contribution >= 4 is 11.6 Å². The van der Waals surface area contributed by atoms with Gasteiger partial charge in [0.2, 0.25) is 0 Å². The molecule has 1 saturated heterocycles. The molecule has 1 fully saturated rings. The molecule has 17 heavy (non-hydrogen) atoms. The van der Waals surface area contributed by atoms with Crippen LogP contribution in [0.1, 0.15) is 30.9 Å². The minimum Gasteiger partial charge on any atom is -0.317 e. The number of piperidine rings is 1. The van der Waals surface area contributed by atoms with Crippen molar-refractivity contribution in [1.29, 1.82) is 0 Å². The Morgan fingerprint density at radius 3 is 2.53 bits per heavy atom. The molecule has 1 unspecified atom stereocenters. The zero-order chi connectivity index (χ0) is 12.1. The molecule has 1 heterocycles. The van der Waals surface area contributed by atoms with E-state index in [0.717, 1.165) is 10.9 Å². The van der Waals surface area contributed by atoms with Crippen LogP contribution in [-0.2, 0) is 0 Å². The van der Waals surface area contributed by atoms with Gasteiger partial charge in [-0.05, 0) is 63.0 Å². The van der Waals surface area contributed by atoms with Gasteiger partial charge < -0.3 is 10.6 Å². The van der Waals surface area contributed by atoms with E-state index >= 15 is 0 Å². The number of nitrogens with one attached hydrogen (secondary N) is 2. The Hall–Kier alpha value is -0.570. The lowest BCUT2D eigenvalue weighted by Gasteiger charge is -2.27. The summed E-state index contributed by atoms with van der Waals surface area (Å²) in [5.74, 6) is 0.837. The second kappa shape index (κ2) is 6.39. The first-order chi connectivity index (χ1) is 8.29. The van der Waals surface area contributed by atoms with Gasteiger partial charge in [0.1, 0.15) is 0 Å². The maximum atomic E-state index is 5.92. The van der Waals surface area contributed by atoms with Gasteiger partial charge in [-0.3, -0.25) is 0 Å². The van der Waals surface area contributed by atoms with E-state index in [-0.39, 0.29) is 0 Å². The van der Waals surface area contributed by atoms with Gasteiger partial charge in [-0.15, -0.1) is 0 Å². The highest BCUT2D eigenvalue weighted by Gasteiger charge is 2.18. The summed E-state index contributed by atoms with van der Waals surface area (Å²) in [6, 6.07) is 8.66. The molecule has 2 rings (SSSR count). The van der Waals surface area contributed by atoms with E-state index in [1.807, 2.05) is 19.2 Å². The Labute approximate surface area is 109 Å². The minimum absolute atomic E-state index is 0.454. The SMILES string of the molecule is CNC(CC1CCNCC1)c1ccc(Cl)cc1. The van der Waals surface area contributed by atoms with Gasteiger partial charge in [0, 0.05) is 11.1 Å². The Bertz CT molecular complexity index is 331. The van der Waals surface area contributed by atoms with Crippen molar-refractivity contribution in [3.05, 3.63) is 34.9 Å². The molecule has 0 spiro atoms. The first-order valence-electron chi connectivity index (χ1n) is 6.43. The van der Waals surface area contributed by atoms with Gasteiger partial charge in [0.15, 0.2) is 0 Å². The molecule has 0 saturated carbocycles. The van der Waals surface area contributed by atoms with Gasteiger partial charge in [0.05, 0.1) is 0 Å². The first-order valence-corrected chi connectivity index (χ1v) is 6.81. The third-order valence-electron chi connectivity index (χ3n) is 3.65. The van der Waals surface area contributed by atoms with E-state index < -0.39 is 0 Å². The molecule has 2 nitrogen and oxygen atoms in total. The third-order valence-corrected chi connectivity index (χ3v) is 3.90. The topological polar surface area (TPSA) is 24.1 Å². The summed E-state index contributed by atoms with van der Waals surface area (Å²) >= 11 is 5.92. The molecule has 2 N–H and O–H groups in total. The number of rotatable bonds is 4. The lowest BCUT2D eigenvalue weighted by molar-refractivity contribution is 0.318. The van der Waals surface area contributed by atoms with Crippen LogP contribution in [0.15, 0.2) is 24.3 Å². The van der Waals surface area contributed by atoms with Crippen molar-refractivity contribution in [2.75, 3.05) is 20.1 Å². The summed E-state index contributed by atoms with van der Waals surface area (Å²) in [4.78, 5) is 0. The highest BCUT2D eigenvalue weighted by Crippen LogP contribution is 2.26. The van der Waals surface area contributed by atoms with E-state index in [1.54, 1.807) is 0 Å². The summed E-state index contributed by atoms with van der Waals surface area (Å²) in [5, 5.41) is 7.65. The summed E-state index contributed by atoms with van der Waals surface area (Å²) in [6.07, 6.45) is 3.82. The lowest BCUT2D eigenvalue weighted by atomic mass is 9.88. The number of benzene rings is 1. The molecular weight excluding hydrogens is 232 g/mol. The number of hydrogen-bond donors (Lipinski definition) is 2. The Balaban J connectivity index is 1.97. The van der Waals surface area contributed by atoms with Crippen LogP contribution >= 0.6 is 11.6 Å². The normalized spacial score (nSPS) is 19.2. The number of halogens is 1. The van der Waals surface area contributed by atoms with Gasteiger partial charge >= 0.3 is 0 Å². The van der Waals surface area contributed by atoms with Crippen molar-refractivity contribution in [3.63, 3.8) is 0 Å². The van der Waals surface area contributed by atoms with Crippen LogP contribution in [-0.4, -0.2) is 20.1 Å².